The van der Waals surface area contributed by atoms with Gasteiger partial charge >= 0.3 is 5.97 Å². The van der Waals surface area contributed by atoms with Gasteiger partial charge in [-0.25, -0.2) is 4.98 Å². The quantitative estimate of drug-likeness (QED) is 0.161. The maximum atomic E-state index is 14.4. The molecule has 13 heteroatoms. The lowest BCUT2D eigenvalue weighted by atomic mass is 9.82. The van der Waals surface area contributed by atoms with Crippen molar-refractivity contribution in [2.75, 3.05) is 46.6 Å². The van der Waals surface area contributed by atoms with E-state index in [2.05, 4.69) is 39.2 Å². The number of allylic oxidation sites excluding steroid dienone is 1. The third-order valence-corrected chi connectivity index (χ3v) is 15.5. The van der Waals surface area contributed by atoms with E-state index in [1.807, 2.05) is 53.7 Å². The van der Waals surface area contributed by atoms with Gasteiger partial charge in [-0.2, -0.15) is 0 Å². The van der Waals surface area contributed by atoms with Crippen molar-refractivity contribution < 1.29 is 33.4 Å². The molecule has 3 amide bonds. The molecule has 2 aromatic carbocycles. The third kappa shape index (κ3) is 9.30. The van der Waals surface area contributed by atoms with Gasteiger partial charge in [-0.1, -0.05) is 36.1 Å². The number of H-pyrrole nitrogens is 1. The fourth-order valence-electron chi connectivity index (χ4n) is 11.2. The molecule has 5 aliphatic heterocycles. The molecule has 3 aromatic rings. The lowest BCUT2D eigenvalue weighted by molar-refractivity contribution is -0.149. The number of carbonyl (C=O) groups excluding carboxylic acids is 4. The Morgan fingerprint density at radius 1 is 0.800 bits per heavy atom. The van der Waals surface area contributed by atoms with Crippen molar-refractivity contribution in [2.45, 2.75) is 102 Å². The van der Waals surface area contributed by atoms with Gasteiger partial charge in [-0.3, -0.25) is 24.2 Å². The van der Waals surface area contributed by atoms with Crippen molar-refractivity contribution in [3.05, 3.63) is 83.4 Å². The summed E-state index contributed by atoms with van der Waals surface area (Å²) in [6.45, 7) is 5.34. The highest BCUT2D eigenvalue weighted by molar-refractivity contribution is 6.03. The first-order chi connectivity index (χ1) is 31.6. The molecule has 4 atom stereocenters. The Morgan fingerprint density at radius 3 is 1.95 bits per heavy atom. The standard InChI is InChI=1S/C52H60N6O7/c1-33(59)55-47(39-15-23-65-24-16-39)50(62)58-32-52(19-20-52)28-45(58)48-54-30-43(56-48)38-11-7-35(8-12-38)4-3-34-5-9-36(10-6-34)40-25-42(53-29-40)44-27-51(17-18-51)31-57(44)49(61)41(26-46(60)63-2)37-13-21-64-22-14-37/h5-12,29-30,37,39,41,44-45,47H,13-28,31-32H2,1-2H3,(H,54,56)(H,55,59)/t41-,44-,45-,47-/m0/s1. The summed E-state index contributed by atoms with van der Waals surface area (Å²) in [6.07, 6.45) is 13.9. The molecule has 0 unspecified atom stereocenters. The molecule has 7 aliphatic rings. The minimum atomic E-state index is -0.562. The minimum absolute atomic E-state index is 0.0170. The van der Waals surface area contributed by atoms with Gasteiger partial charge in [0.1, 0.15) is 11.9 Å². The van der Waals surface area contributed by atoms with Crippen LogP contribution in [0.5, 0.6) is 0 Å². The second-order valence-electron chi connectivity index (χ2n) is 19.9. The van der Waals surface area contributed by atoms with Crippen LogP contribution in [0.2, 0.25) is 0 Å². The highest BCUT2D eigenvalue weighted by atomic mass is 16.5. The summed E-state index contributed by atoms with van der Waals surface area (Å²) < 4.78 is 16.2. The zero-order valence-corrected chi connectivity index (χ0v) is 37.6. The van der Waals surface area contributed by atoms with Gasteiger partial charge in [0.05, 0.1) is 43.4 Å². The van der Waals surface area contributed by atoms with Crippen LogP contribution in [0.3, 0.4) is 0 Å². The first-order valence-corrected chi connectivity index (χ1v) is 23.7. The first-order valence-electron chi connectivity index (χ1n) is 23.7. The number of methoxy groups -OCH3 is 1. The van der Waals surface area contributed by atoms with Gasteiger partial charge in [0.15, 0.2) is 0 Å². The zero-order valence-electron chi connectivity index (χ0n) is 37.6. The average Bonchev–Trinajstić information content (AvgIpc) is 3.91. The Hall–Kier alpha value is -5.58. The van der Waals surface area contributed by atoms with Gasteiger partial charge in [0.25, 0.3) is 0 Å². The predicted molar refractivity (Wildman–Crippen MR) is 244 cm³/mol. The molecular formula is C52H60N6O7. The van der Waals surface area contributed by atoms with Gasteiger partial charge in [0.2, 0.25) is 17.7 Å². The van der Waals surface area contributed by atoms with Gasteiger partial charge in [-0.15, -0.1) is 0 Å². The lowest BCUT2D eigenvalue weighted by Crippen LogP contribution is -2.53. The molecular weight excluding hydrogens is 821 g/mol. The molecule has 6 heterocycles. The van der Waals surface area contributed by atoms with Crippen LogP contribution < -0.4 is 5.32 Å². The summed E-state index contributed by atoms with van der Waals surface area (Å²) in [6, 6.07) is 15.6. The van der Waals surface area contributed by atoms with Crippen molar-refractivity contribution in [2.24, 2.45) is 33.6 Å². The van der Waals surface area contributed by atoms with Crippen LogP contribution in [0.15, 0.2) is 65.9 Å². The highest BCUT2D eigenvalue weighted by Gasteiger charge is 2.57. The maximum Gasteiger partial charge on any atom is 0.306 e. The van der Waals surface area contributed by atoms with E-state index in [1.165, 1.54) is 14.0 Å². The molecule has 0 radical (unpaired) electrons. The topological polar surface area (TPSA) is 156 Å². The fraction of sp³-hybridized carbons (Fsp3) is 0.538. The van der Waals surface area contributed by atoms with Gasteiger partial charge < -0.3 is 34.3 Å². The number of benzene rings is 2. The van der Waals surface area contributed by atoms with Crippen LogP contribution in [0.4, 0.5) is 0 Å². The number of hydrogen-bond donors (Lipinski definition) is 2. The first kappa shape index (κ1) is 43.3. The smallest absolute Gasteiger partial charge is 0.306 e. The SMILES string of the molecule is COC(=O)C[C@H](C(=O)N1CC2(CC2)C[C@H]1C1=NC=C(c2ccc(C#Cc3ccc(-c4cnc([C@@H]5CC6(CC6)CN5C(=O)[C@@H](NC(C)=O)C5CCOCC5)[nH]4)cc3)cc2)C1)C1CCOCC1. The highest BCUT2D eigenvalue weighted by Crippen LogP contribution is 2.59. The number of amides is 3. The van der Waals surface area contributed by atoms with Crippen LogP contribution in [0.1, 0.15) is 113 Å². The molecule has 340 valence electrons. The monoisotopic (exact) mass is 880 g/mol. The lowest BCUT2D eigenvalue weighted by Gasteiger charge is -2.34. The van der Waals surface area contributed by atoms with Crippen LogP contribution in [0.25, 0.3) is 16.8 Å². The number of ether oxygens (including phenoxy) is 3. The van der Waals surface area contributed by atoms with Crippen LogP contribution >= 0.6 is 0 Å². The molecule has 10 rings (SSSR count). The molecule has 2 spiro atoms. The normalized spacial score (nSPS) is 24.2. The number of imidazole rings is 1. The van der Waals surface area contributed by atoms with E-state index in [0.29, 0.717) is 39.4 Å². The molecule has 2 saturated carbocycles. The summed E-state index contributed by atoms with van der Waals surface area (Å²) in [5.41, 5.74) is 7.22. The largest absolute Gasteiger partial charge is 0.469 e. The van der Waals surface area contributed by atoms with E-state index in [-0.39, 0.29) is 64.9 Å². The number of carbonyl (C=O) groups is 4. The van der Waals surface area contributed by atoms with Crippen LogP contribution in [-0.4, -0.2) is 108 Å². The number of likely N-dealkylation sites (tertiary alicyclic amines) is 2. The number of aliphatic imine (C=N–C) groups is 1. The average molecular weight is 881 g/mol. The Morgan fingerprint density at radius 2 is 1.37 bits per heavy atom. The van der Waals surface area contributed by atoms with Gasteiger partial charge in [-0.05, 0) is 128 Å². The maximum absolute atomic E-state index is 14.4. The minimum Gasteiger partial charge on any atom is -0.469 e. The Bertz CT molecular complexity index is 2430. The molecule has 13 nitrogen and oxygen atoms in total. The third-order valence-electron chi connectivity index (χ3n) is 15.5. The molecule has 2 aliphatic carbocycles. The van der Waals surface area contributed by atoms with Crippen molar-refractivity contribution in [3.63, 3.8) is 0 Å². The number of aromatic amines is 1. The Balaban J connectivity index is 0.769. The molecule has 0 bridgehead atoms. The fourth-order valence-corrected chi connectivity index (χ4v) is 11.2. The number of esters is 1. The summed E-state index contributed by atoms with van der Waals surface area (Å²) >= 11 is 0. The van der Waals surface area contributed by atoms with E-state index >= 15 is 0 Å². The van der Waals surface area contributed by atoms with E-state index in [4.69, 9.17) is 24.2 Å². The molecule has 6 fully saturated rings. The van der Waals surface area contributed by atoms with E-state index in [9.17, 15) is 19.2 Å². The molecule has 65 heavy (non-hydrogen) atoms. The number of rotatable bonds is 11. The zero-order chi connectivity index (χ0) is 44.7. The number of nitrogens with zero attached hydrogens (tertiary/aromatic N) is 4. The van der Waals surface area contributed by atoms with E-state index in [0.717, 1.165) is 116 Å². The number of hydrogen-bond acceptors (Lipinski definition) is 9. The summed E-state index contributed by atoms with van der Waals surface area (Å²) in [4.78, 5) is 70.6. The summed E-state index contributed by atoms with van der Waals surface area (Å²) in [5.74, 6) is 6.69. The molecule has 1 aromatic heterocycles. The van der Waals surface area contributed by atoms with Gasteiger partial charge in [0, 0.05) is 75.9 Å². The van der Waals surface area contributed by atoms with Crippen molar-refractivity contribution in [1.29, 1.82) is 0 Å². The Kier molecular flexibility index (Phi) is 12.0. The van der Waals surface area contributed by atoms with Crippen molar-refractivity contribution >= 4 is 35.0 Å². The summed E-state index contributed by atoms with van der Waals surface area (Å²) in [7, 11) is 1.39. The van der Waals surface area contributed by atoms with Crippen molar-refractivity contribution in [1.82, 2.24) is 25.1 Å². The second-order valence-corrected chi connectivity index (χ2v) is 19.9. The number of nitrogens with one attached hydrogen (secondary N) is 2. The summed E-state index contributed by atoms with van der Waals surface area (Å²) in [5, 5.41) is 2.99. The molecule has 4 saturated heterocycles. The predicted octanol–water partition coefficient (Wildman–Crippen LogP) is 6.63. The second kappa shape index (κ2) is 18.0. The number of aromatic nitrogens is 2. The van der Waals surface area contributed by atoms with Crippen LogP contribution in [0, 0.1) is 40.4 Å². The van der Waals surface area contributed by atoms with Crippen molar-refractivity contribution in [3.8, 4) is 23.1 Å². The Labute approximate surface area is 381 Å². The van der Waals surface area contributed by atoms with Crippen LogP contribution in [-0.2, 0) is 33.4 Å². The van der Waals surface area contributed by atoms with E-state index < -0.39 is 12.0 Å². The van der Waals surface area contributed by atoms with E-state index in [1.54, 1.807) is 0 Å². The molecule has 2 N–H and O–H groups in total.